The lowest BCUT2D eigenvalue weighted by Crippen LogP contribution is -2.43. The summed E-state index contributed by atoms with van der Waals surface area (Å²) in [7, 11) is 0.863. The van der Waals surface area contributed by atoms with Gasteiger partial charge in [-0.25, -0.2) is 13.1 Å². The van der Waals surface area contributed by atoms with Gasteiger partial charge in [0.15, 0.2) is 0 Å². The highest BCUT2D eigenvalue weighted by molar-refractivity contribution is 7.89. The van der Waals surface area contributed by atoms with Crippen LogP contribution in [0.2, 0.25) is 0 Å². The van der Waals surface area contributed by atoms with Gasteiger partial charge in [-0.15, -0.1) is 0 Å². The molecule has 2 N–H and O–H groups in total. The molecule has 0 aliphatic carbocycles. The van der Waals surface area contributed by atoms with E-state index in [9.17, 15) is 8.42 Å². The fourth-order valence-electron chi connectivity index (χ4n) is 2.01. The summed E-state index contributed by atoms with van der Waals surface area (Å²) < 4.78 is 26.2. The summed E-state index contributed by atoms with van der Waals surface area (Å²) in [5.41, 5.74) is 0. The first-order valence-corrected chi connectivity index (χ1v) is 8.00. The molecule has 1 fully saturated rings. The van der Waals surface area contributed by atoms with Gasteiger partial charge in [-0.2, -0.15) is 0 Å². The molecule has 1 atom stereocenters. The van der Waals surface area contributed by atoms with Crippen molar-refractivity contribution in [1.29, 1.82) is 0 Å². The van der Waals surface area contributed by atoms with Gasteiger partial charge in [0.05, 0.1) is 5.75 Å². The second kappa shape index (κ2) is 7.31. The number of nitrogens with one attached hydrogen (secondary N) is 2. The van der Waals surface area contributed by atoms with Crippen LogP contribution in [0.15, 0.2) is 0 Å². The Morgan fingerprint density at radius 3 is 2.71 bits per heavy atom. The zero-order chi connectivity index (χ0) is 12.7. The van der Waals surface area contributed by atoms with Crippen molar-refractivity contribution < 1.29 is 8.42 Å². The van der Waals surface area contributed by atoms with Crippen molar-refractivity contribution in [2.75, 3.05) is 39.5 Å². The minimum atomic E-state index is -3.11. The summed E-state index contributed by atoms with van der Waals surface area (Å²) in [5.74, 6) is 0.217. The Labute approximate surface area is 105 Å². The van der Waals surface area contributed by atoms with E-state index in [1.807, 2.05) is 14.1 Å². The number of piperidine rings is 1. The Bertz CT molecular complexity index is 298. The third kappa shape index (κ3) is 6.98. The Hall–Kier alpha value is -0.170. The maximum Gasteiger partial charge on any atom is 0.213 e. The number of sulfonamides is 1. The van der Waals surface area contributed by atoms with E-state index in [-0.39, 0.29) is 11.8 Å². The number of rotatable bonds is 7. The normalized spacial score (nSPS) is 21.9. The summed E-state index contributed by atoms with van der Waals surface area (Å²) in [6, 6.07) is 0.134. The predicted octanol–water partition coefficient (Wildman–Crippen LogP) is -0.000400. The zero-order valence-corrected chi connectivity index (χ0v) is 11.7. The molecule has 0 amide bonds. The average molecular weight is 263 g/mol. The van der Waals surface area contributed by atoms with Gasteiger partial charge in [0, 0.05) is 12.6 Å². The molecule has 0 bridgehead atoms. The molecule has 1 unspecified atom stereocenters. The van der Waals surface area contributed by atoms with Crippen molar-refractivity contribution in [1.82, 2.24) is 14.9 Å². The van der Waals surface area contributed by atoms with Crippen LogP contribution in [0.25, 0.3) is 0 Å². The van der Waals surface area contributed by atoms with Gasteiger partial charge >= 0.3 is 0 Å². The smallest absolute Gasteiger partial charge is 0.213 e. The molecule has 17 heavy (non-hydrogen) atoms. The Balaban J connectivity index is 2.20. The lowest BCUT2D eigenvalue weighted by Gasteiger charge is -2.23. The Kier molecular flexibility index (Phi) is 6.40. The molecule has 0 aromatic rings. The zero-order valence-electron chi connectivity index (χ0n) is 10.9. The van der Waals surface area contributed by atoms with E-state index in [1.54, 1.807) is 0 Å². The third-order valence-corrected chi connectivity index (χ3v) is 4.42. The fourth-order valence-corrected chi connectivity index (χ4v) is 3.40. The van der Waals surface area contributed by atoms with Gasteiger partial charge in [-0.1, -0.05) is 6.42 Å². The SMILES string of the molecule is CN(C)CCCNS(=O)(=O)CC1CCCCN1. The molecule has 6 heteroatoms. The second-order valence-electron chi connectivity index (χ2n) is 4.98. The highest BCUT2D eigenvalue weighted by atomic mass is 32.2. The molecule has 1 heterocycles. The van der Waals surface area contributed by atoms with Crippen LogP contribution in [-0.4, -0.2) is 58.8 Å². The van der Waals surface area contributed by atoms with Gasteiger partial charge in [0.25, 0.3) is 0 Å². The summed E-state index contributed by atoms with van der Waals surface area (Å²) in [5, 5.41) is 3.26. The standard InChI is InChI=1S/C11H25N3O2S/c1-14(2)9-5-8-13-17(15,16)10-11-6-3-4-7-12-11/h11-13H,3-10H2,1-2H3. The quantitative estimate of drug-likeness (QED) is 0.635. The average Bonchev–Trinajstić information content (AvgIpc) is 2.25. The molecule has 1 aliphatic rings. The van der Waals surface area contributed by atoms with E-state index in [2.05, 4.69) is 14.9 Å². The molecule has 5 nitrogen and oxygen atoms in total. The highest BCUT2D eigenvalue weighted by Crippen LogP contribution is 2.08. The number of nitrogens with zero attached hydrogens (tertiary/aromatic N) is 1. The molecular formula is C11H25N3O2S. The van der Waals surface area contributed by atoms with Crippen LogP contribution in [0.3, 0.4) is 0 Å². The first-order valence-electron chi connectivity index (χ1n) is 6.35. The van der Waals surface area contributed by atoms with Gasteiger partial charge in [-0.3, -0.25) is 0 Å². The minimum absolute atomic E-state index is 0.134. The van der Waals surface area contributed by atoms with Crippen LogP contribution < -0.4 is 10.0 Å². The third-order valence-electron chi connectivity index (χ3n) is 2.94. The van der Waals surface area contributed by atoms with E-state index >= 15 is 0 Å². The number of hydrogen-bond donors (Lipinski definition) is 2. The van der Waals surface area contributed by atoms with Crippen molar-refractivity contribution in [2.45, 2.75) is 31.7 Å². The van der Waals surface area contributed by atoms with Gasteiger partial charge < -0.3 is 10.2 Å². The van der Waals surface area contributed by atoms with E-state index < -0.39 is 10.0 Å². The van der Waals surface area contributed by atoms with Gasteiger partial charge in [-0.05, 0) is 46.4 Å². The van der Waals surface area contributed by atoms with Crippen LogP contribution in [0.5, 0.6) is 0 Å². The molecule has 0 radical (unpaired) electrons. The lowest BCUT2D eigenvalue weighted by atomic mass is 10.1. The fraction of sp³-hybridized carbons (Fsp3) is 1.00. The molecule has 0 aromatic heterocycles. The topological polar surface area (TPSA) is 61.4 Å². The van der Waals surface area contributed by atoms with Crippen molar-refractivity contribution in [3.8, 4) is 0 Å². The maximum absolute atomic E-state index is 11.8. The molecule has 0 spiro atoms. The molecular weight excluding hydrogens is 238 g/mol. The number of hydrogen-bond acceptors (Lipinski definition) is 4. The largest absolute Gasteiger partial charge is 0.313 e. The van der Waals surface area contributed by atoms with Crippen LogP contribution in [0.1, 0.15) is 25.7 Å². The van der Waals surface area contributed by atoms with E-state index in [4.69, 9.17) is 0 Å². The first kappa shape index (κ1) is 14.9. The van der Waals surface area contributed by atoms with Crippen molar-refractivity contribution in [3.05, 3.63) is 0 Å². The molecule has 0 saturated carbocycles. The van der Waals surface area contributed by atoms with Crippen molar-refractivity contribution in [2.24, 2.45) is 0 Å². The van der Waals surface area contributed by atoms with Crippen LogP contribution in [0.4, 0.5) is 0 Å². The van der Waals surface area contributed by atoms with E-state index in [1.165, 1.54) is 0 Å². The second-order valence-corrected chi connectivity index (χ2v) is 6.83. The molecule has 1 aliphatic heterocycles. The molecule has 0 aromatic carbocycles. The van der Waals surface area contributed by atoms with Crippen LogP contribution >= 0.6 is 0 Å². The molecule has 1 saturated heterocycles. The monoisotopic (exact) mass is 263 g/mol. The van der Waals surface area contributed by atoms with Gasteiger partial charge in [0.2, 0.25) is 10.0 Å². The summed E-state index contributed by atoms with van der Waals surface area (Å²) in [4.78, 5) is 2.05. The van der Waals surface area contributed by atoms with Crippen molar-refractivity contribution >= 4 is 10.0 Å². The summed E-state index contributed by atoms with van der Waals surface area (Å²) in [6.07, 6.45) is 4.11. The first-order chi connectivity index (χ1) is 7.99. The minimum Gasteiger partial charge on any atom is -0.313 e. The molecule has 1 rings (SSSR count). The van der Waals surface area contributed by atoms with Crippen LogP contribution in [0, 0.1) is 0 Å². The Morgan fingerprint density at radius 2 is 2.12 bits per heavy atom. The summed E-state index contributed by atoms with van der Waals surface area (Å²) >= 11 is 0. The van der Waals surface area contributed by atoms with Crippen LogP contribution in [-0.2, 0) is 10.0 Å². The summed E-state index contributed by atoms with van der Waals surface area (Å²) in [6.45, 7) is 2.39. The van der Waals surface area contributed by atoms with Gasteiger partial charge in [0.1, 0.15) is 0 Å². The predicted molar refractivity (Wildman–Crippen MR) is 70.6 cm³/mol. The van der Waals surface area contributed by atoms with E-state index in [0.717, 1.165) is 38.8 Å². The van der Waals surface area contributed by atoms with Crippen molar-refractivity contribution in [3.63, 3.8) is 0 Å². The molecule has 102 valence electrons. The maximum atomic E-state index is 11.8. The van der Waals surface area contributed by atoms with E-state index in [0.29, 0.717) is 6.54 Å². The highest BCUT2D eigenvalue weighted by Gasteiger charge is 2.20. The Morgan fingerprint density at radius 1 is 1.35 bits per heavy atom. The lowest BCUT2D eigenvalue weighted by molar-refractivity contribution is 0.398.